The van der Waals surface area contributed by atoms with Crippen molar-refractivity contribution in [1.82, 2.24) is 10.6 Å². The molecule has 1 saturated carbocycles. The summed E-state index contributed by atoms with van der Waals surface area (Å²) in [6, 6.07) is 6.51. The van der Waals surface area contributed by atoms with E-state index in [0.717, 1.165) is 24.3 Å². The van der Waals surface area contributed by atoms with Crippen molar-refractivity contribution in [3.63, 3.8) is 0 Å². The molecule has 2 aromatic carbocycles. The third-order valence-electron chi connectivity index (χ3n) is 5.23. The fraction of sp³-hybridized carbons (Fsp3) is 0.348. The molecule has 182 valence electrons. The maximum absolute atomic E-state index is 13.6. The van der Waals surface area contributed by atoms with E-state index >= 15 is 0 Å². The van der Waals surface area contributed by atoms with Gasteiger partial charge in [-0.1, -0.05) is 11.6 Å². The van der Waals surface area contributed by atoms with Crippen molar-refractivity contribution in [1.29, 1.82) is 0 Å². The van der Waals surface area contributed by atoms with Crippen molar-refractivity contribution in [3.8, 4) is 0 Å². The van der Waals surface area contributed by atoms with Crippen molar-refractivity contribution >= 4 is 35.2 Å². The van der Waals surface area contributed by atoms with Crippen molar-refractivity contribution in [2.75, 3.05) is 11.9 Å². The summed E-state index contributed by atoms with van der Waals surface area (Å²) in [6.07, 6.45) is 2.18. The minimum absolute atomic E-state index is 0.0369. The van der Waals surface area contributed by atoms with Crippen molar-refractivity contribution < 1.29 is 27.5 Å². The normalized spacial score (nSPS) is 18.2. The van der Waals surface area contributed by atoms with Crippen LogP contribution in [0, 0.1) is 17.5 Å². The summed E-state index contributed by atoms with van der Waals surface area (Å²) in [5.74, 6) is -3.62. The van der Waals surface area contributed by atoms with Gasteiger partial charge in [0.2, 0.25) is 5.96 Å². The summed E-state index contributed by atoms with van der Waals surface area (Å²) >= 11 is 5.84. The Bertz CT molecular complexity index is 1080. The Hall–Kier alpha value is -3.27. The highest BCUT2D eigenvalue weighted by Crippen LogP contribution is 2.21. The molecule has 0 atom stereocenters. The molecular weight excluding hydrogens is 473 g/mol. The topological polar surface area (TPSA) is 91.8 Å². The largest absolute Gasteiger partial charge is 0.450 e. The van der Waals surface area contributed by atoms with Crippen LogP contribution in [-0.4, -0.2) is 36.7 Å². The number of amides is 2. The Morgan fingerprint density at radius 1 is 0.971 bits per heavy atom. The maximum atomic E-state index is 13.6. The van der Waals surface area contributed by atoms with Crippen LogP contribution in [0.4, 0.5) is 23.7 Å². The number of ether oxygens (including phenoxy) is 1. The zero-order chi connectivity index (χ0) is 24.7. The van der Waals surface area contributed by atoms with Gasteiger partial charge in [0.15, 0.2) is 11.6 Å². The van der Waals surface area contributed by atoms with E-state index in [1.807, 2.05) is 0 Å². The number of carbonyl (C=O) groups is 2. The molecule has 0 aromatic heterocycles. The molecule has 2 amide bonds. The zero-order valence-corrected chi connectivity index (χ0v) is 19.1. The van der Waals surface area contributed by atoms with Gasteiger partial charge in [-0.05, 0) is 69.0 Å². The van der Waals surface area contributed by atoms with Gasteiger partial charge < -0.3 is 20.7 Å². The third-order valence-corrected chi connectivity index (χ3v) is 5.52. The van der Waals surface area contributed by atoms with Gasteiger partial charge >= 0.3 is 6.09 Å². The van der Waals surface area contributed by atoms with Crippen LogP contribution in [-0.2, 0) is 4.74 Å². The molecule has 2 aromatic rings. The van der Waals surface area contributed by atoms with Crippen molar-refractivity contribution in [3.05, 3.63) is 64.4 Å². The second-order valence-electron chi connectivity index (χ2n) is 7.71. The number of carbonyl (C=O) groups excluding carboxylic acids is 2. The van der Waals surface area contributed by atoms with Crippen LogP contribution >= 0.6 is 11.6 Å². The number of hydrogen-bond acceptors (Lipinski definition) is 3. The average molecular weight is 497 g/mol. The summed E-state index contributed by atoms with van der Waals surface area (Å²) in [7, 11) is 0. The van der Waals surface area contributed by atoms with Crippen LogP contribution in [0.1, 0.15) is 43.0 Å². The molecule has 0 saturated heterocycles. The Balaban J connectivity index is 1.73. The second-order valence-corrected chi connectivity index (χ2v) is 8.11. The first-order chi connectivity index (χ1) is 16.2. The monoisotopic (exact) mass is 496 g/mol. The molecule has 7 nitrogen and oxygen atoms in total. The van der Waals surface area contributed by atoms with Gasteiger partial charge in [0.05, 0.1) is 11.6 Å². The first-order valence-corrected chi connectivity index (χ1v) is 11.1. The van der Waals surface area contributed by atoms with E-state index in [9.17, 15) is 22.8 Å². The van der Waals surface area contributed by atoms with Crippen molar-refractivity contribution in [2.24, 2.45) is 4.99 Å². The first kappa shape index (κ1) is 25.4. The summed E-state index contributed by atoms with van der Waals surface area (Å²) < 4.78 is 45.2. The Kier molecular flexibility index (Phi) is 8.75. The highest BCUT2D eigenvalue weighted by molar-refractivity contribution is 6.31. The number of nitrogens with zero attached hydrogens (tertiary/aromatic N) is 1. The molecule has 0 bridgehead atoms. The van der Waals surface area contributed by atoms with Gasteiger partial charge in [-0.15, -0.1) is 0 Å². The molecule has 3 N–H and O–H groups in total. The second kappa shape index (κ2) is 11.7. The zero-order valence-electron chi connectivity index (χ0n) is 18.3. The quantitative estimate of drug-likeness (QED) is 0.399. The van der Waals surface area contributed by atoms with Crippen LogP contribution in [0.5, 0.6) is 0 Å². The minimum atomic E-state index is -1.17. The Labute approximate surface area is 199 Å². The number of halogens is 4. The third kappa shape index (κ3) is 7.11. The molecule has 0 spiro atoms. The van der Waals surface area contributed by atoms with Crippen LogP contribution in [0.3, 0.4) is 0 Å². The number of hydrogen-bond donors (Lipinski definition) is 3. The van der Waals surface area contributed by atoms with Gasteiger partial charge in [0, 0.05) is 23.3 Å². The van der Waals surface area contributed by atoms with Gasteiger partial charge in [0.1, 0.15) is 5.82 Å². The van der Waals surface area contributed by atoms with Gasteiger partial charge in [-0.25, -0.2) is 18.0 Å². The van der Waals surface area contributed by atoms with Gasteiger partial charge in [-0.2, -0.15) is 4.99 Å². The lowest BCUT2D eigenvalue weighted by Crippen LogP contribution is -2.45. The molecule has 34 heavy (non-hydrogen) atoms. The lowest BCUT2D eigenvalue weighted by Gasteiger charge is -2.30. The lowest BCUT2D eigenvalue weighted by atomic mass is 9.91. The highest BCUT2D eigenvalue weighted by Gasteiger charge is 2.24. The standard InChI is InChI=1S/C23H24ClF3N4O3/c1-2-34-23(33)30-15-6-4-14(5-7-15)28-22(29-16-8-10-18(25)17(24)12-16)31-21(32)13-3-9-19(26)20(27)11-13/h3,8-12,14-15H,2,4-7H2,1H3,(H,30,33)(H2,28,29,31,32)/t14-,15-. The fourth-order valence-corrected chi connectivity index (χ4v) is 3.70. The summed E-state index contributed by atoms with van der Waals surface area (Å²) in [4.78, 5) is 28.2. The van der Waals surface area contributed by atoms with Crippen molar-refractivity contribution in [2.45, 2.75) is 44.7 Å². The number of rotatable bonds is 5. The van der Waals surface area contributed by atoms with Crippen LogP contribution in [0.25, 0.3) is 0 Å². The summed E-state index contributed by atoms with van der Waals surface area (Å²) in [5.41, 5.74) is 0.230. The molecule has 0 radical (unpaired) electrons. The predicted molar refractivity (Wildman–Crippen MR) is 122 cm³/mol. The molecule has 1 aliphatic carbocycles. The van der Waals surface area contributed by atoms with Crippen LogP contribution in [0.2, 0.25) is 5.02 Å². The molecule has 1 aliphatic rings. The smallest absolute Gasteiger partial charge is 0.407 e. The predicted octanol–water partition coefficient (Wildman–Crippen LogP) is 5.01. The van der Waals surface area contributed by atoms with E-state index in [4.69, 9.17) is 16.3 Å². The molecule has 11 heteroatoms. The number of nitrogens with one attached hydrogen (secondary N) is 3. The first-order valence-electron chi connectivity index (χ1n) is 10.7. The maximum Gasteiger partial charge on any atom is 0.407 e. The SMILES string of the molecule is CCOC(=O)N[C@H]1CC[C@H](N/C(=N\C(=O)c2ccc(F)c(F)c2)Nc2ccc(F)c(Cl)c2)CC1. The van der Waals surface area contributed by atoms with E-state index in [2.05, 4.69) is 20.9 Å². The molecule has 0 unspecified atom stereocenters. The number of aliphatic imine (C=N–C) groups is 1. The molecule has 0 aliphatic heterocycles. The molecular formula is C23H24ClF3N4O3. The molecule has 3 rings (SSSR count). The van der Waals surface area contributed by atoms with E-state index in [1.165, 1.54) is 12.1 Å². The Morgan fingerprint density at radius 2 is 1.62 bits per heavy atom. The minimum Gasteiger partial charge on any atom is -0.450 e. The number of alkyl carbamates (subject to hydrolysis) is 1. The van der Waals surface area contributed by atoms with E-state index in [1.54, 1.807) is 6.92 Å². The molecule has 0 heterocycles. The fourth-order valence-electron chi connectivity index (χ4n) is 3.52. The number of benzene rings is 2. The van der Waals surface area contributed by atoms with Gasteiger partial charge in [0.25, 0.3) is 5.91 Å². The van der Waals surface area contributed by atoms with Crippen LogP contribution < -0.4 is 16.0 Å². The van der Waals surface area contributed by atoms with E-state index in [-0.39, 0.29) is 35.2 Å². The summed E-state index contributed by atoms with van der Waals surface area (Å²) in [6.45, 7) is 2.01. The number of guanidine groups is 1. The molecule has 1 fully saturated rings. The lowest BCUT2D eigenvalue weighted by molar-refractivity contribution is 0.100. The van der Waals surface area contributed by atoms with E-state index in [0.29, 0.717) is 31.4 Å². The van der Waals surface area contributed by atoms with Crippen LogP contribution in [0.15, 0.2) is 41.4 Å². The van der Waals surface area contributed by atoms with E-state index < -0.39 is 29.5 Å². The average Bonchev–Trinajstić information content (AvgIpc) is 2.79. The number of anilines is 1. The summed E-state index contributed by atoms with van der Waals surface area (Å²) in [5, 5.41) is 8.70. The highest BCUT2D eigenvalue weighted by atomic mass is 35.5. The van der Waals surface area contributed by atoms with Gasteiger partial charge in [-0.3, -0.25) is 4.79 Å². The Morgan fingerprint density at radius 3 is 2.24 bits per heavy atom.